The molecule has 24 heavy (non-hydrogen) atoms. The van der Waals surface area contributed by atoms with Crippen molar-refractivity contribution in [3.63, 3.8) is 0 Å². The van der Waals surface area contributed by atoms with Gasteiger partial charge in [-0.3, -0.25) is 14.4 Å². The Kier molecular flexibility index (Phi) is 4.55. The van der Waals surface area contributed by atoms with Crippen LogP contribution in [0.2, 0.25) is 0 Å². The summed E-state index contributed by atoms with van der Waals surface area (Å²) in [6.07, 6.45) is 3.89. The van der Waals surface area contributed by atoms with Crippen LogP contribution in [0.15, 0.2) is 24.3 Å². The molecule has 2 aliphatic rings. The molecule has 3 rings (SSSR count). The zero-order valence-electron chi connectivity index (χ0n) is 13.7. The van der Waals surface area contributed by atoms with Crippen molar-refractivity contribution in [2.24, 2.45) is 5.92 Å². The molecule has 1 aromatic rings. The van der Waals surface area contributed by atoms with Gasteiger partial charge in [-0.1, -0.05) is 6.92 Å². The summed E-state index contributed by atoms with van der Waals surface area (Å²) in [6, 6.07) is 7.02. The van der Waals surface area contributed by atoms with Gasteiger partial charge in [0.1, 0.15) is 0 Å². The first-order valence-electron chi connectivity index (χ1n) is 8.40. The fourth-order valence-corrected chi connectivity index (χ4v) is 2.58. The van der Waals surface area contributed by atoms with Crippen LogP contribution < -0.4 is 5.32 Å². The monoisotopic (exact) mass is 330 g/mol. The van der Waals surface area contributed by atoms with Crippen molar-refractivity contribution in [3.8, 4) is 0 Å². The number of rotatable bonds is 7. The molecule has 128 valence electrons. The zero-order chi connectivity index (χ0) is 17.3. The van der Waals surface area contributed by atoms with Gasteiger partial charge in [-0.2, -0.15) is 0 Å². The van der Waals surface area contributed by atoms with E-state index in [1.165, 1.54) is 0 Å². The summed E-state index contributed by atoms with van der Waals surface area (Å²) in [7, 11) is 0. The molecule has 0 aromatic heterocycles. The zero-order valence-corrected chi connectivity index (χ0v) is 13.7. The van der Waals surface area contributed by atoms with Crippen molar-refractivity contribution in [1.82, 2.24) is 10.2 Å². The minimum atomic E-state index is -0.902. The molecule has 0 spiro atoms. The Balaban J connectivity index is 1.68. The predicted octanol–water partition coefficient (Wildman–Crippen LogP) is 1.90. The SMILES string of the molecule is CC(CN(C(=O)c1ccc(C(=O)NC2CC2)cc1)C1CC1)C(=O)O. The molecule has 2 amide bonds. The number of carboxylic acids is 1. The van der Waals surface area contributed by atoms with Crippen molar-refractivity contribution >= 4 is 17.8 Å². The number of hydrogen-bond donors (Lipinski definition) is 2. The fourth-order valence-electron chi connectivity index (χ4n) is 2.58. The minimum absolute atomic E-state index is 0.116. The van der Waals surface area contributed by atoms with Crippen LogP contribution in [0.3, 0.4) is 0 Å². The third kappa shape index (κ3) is 3.93. The number of benzene rings is 1. The smallest absolute Gasteiger partial charge is 0.308 e. The van der Waals surface area contributed by atoms with Gasteiger partial charge in [0.25, 0.3) is 11.8 Å². The van der Waals surface area contributed by atoms with E-state index in [2.05, 4.69) is 5.32 Å². The van der Waals surface area contributed by atoms with Gasteiger partial charge >= 0.3 is 5.97 Å². The number of aliphatic carboxylic acids is 1. The molecule has 0 heterocycles. The molecular weight excluding hydrogens is 308 g/mol. The van der Waals surface area contributed by atoms with E-state index in [1.807, 2.05) is 0 Å². The first-order valence-corrected chi connectivity index (χ1v) is 8.40. The van der Waals surface area contributed by atoms with Crippen LogP contribution in [0, 0.1) is 5.92 Å². The number of carbonyl (C=O) groups excluding carboxylic acids is 2. The quantitative estimate of drug-likeness (QED) is 0.799. The van der Waals surface area contributed by atoms with Gasteiger partial charge in [-0.05, 0) is 49.9 Å². The summed E-state index contributed by atoms with van der Waals surface area (Å²) in [6.45, 7) is 1.82. The van der Waals surface area contributed by atoms with E-state index in [1.54, 1.807) is 36.1 Å². The van der Waals surface area contributed by atoms with Gasteiger partial charge in [0.05, 0.1) is 5.92 Å². The normalized spacial score (nSPS) is 17.9. The number of hydrogen-bond acceptors (Lipinski definition) is 3. The molecule has 0 radical (unpaired) electrons. The predicted molar refractivity (Wildman–Crippen MR) is 87.8 cm³/mol. The molecule has 1 atom stereocenters. The van der Waals surface area contributed by atoms with Crippen LogP contribution in [0.4, 0.5) is 0 Å². The Hall–Kier alpha value is -2.37. The largest absolute Gasteiger partial charge is 0.481 e. The average molecular weight is 330 g/mol. The standard InChI is InChI=1S/C18H22N2O4/c1-11(18(23)24)10-20(15-8-9-15)17(22)13-4-2-12(3-5-13)16(21)19-14-6-7-14/h2-5,11,14-15H,6-10H2,1H3,(H,19,21)(H,23,24). The molecule has 0 aliphatic heterocycles. The Morgan fingerprint density at radius 1 is 1.12 bits per heavy atom. The van der Waals surface area contributed by atoms with Gasteiger partial charge in [0.15, 0.2) is 0 Å². The Morgan fingerprint density at radius 3 is 2.21 bits per heavy atom. The molecule has 1 aromatic carbocycles. The maximum Gasteiger partial charge on any atom is 0.308 e. The topological polar surface area (TPSA) is 86.7 Å². The van der Waals surface area contributed by atoms with E-state index in [-0.39, 0.29) is 24.4 Å². The lowest BCUT2D eigenvalue weighted by atomic mass is 10.1. The van der Waals surface area contributed by atoms with Crippen LogP contribution in [0.25, 0.3) is 0 Å². The van der Waals surface area contributed by atoms with Crippen LogP contribution >= 0.6 is 0 Å². The molecule has 2 aliphatic carbocycles. The summed E-state index contributed by atoms with van der Waals surface area (Å²) in [4.78, 5) is 37.4. The van der Waals surface area contributed by atoms with Gasteiger partial charge in [-0.25, -0.2) is 0 Å². The highest BCUT2D eigenvalue weighted by atomic mass is 16.4. The lowest BCUT2D eigenvalue weighted by molar-refractivity contribution is -0.141. The van der Waals surface area contributed by atoms with E-state index in [9.17, 15) is 14.4 Å². The molecule has 0 bridgehead atoms. The molecule has 2 fully saturated rings. The third-order valence-corrected chi connectivity index (χ3v) is 4.45. The fraction of sp³-hybridized carbons (Fsp3) is 0.500. The second-order valence-electron chi connectivity index (χ2n) is 6.75. The van der Waals surface area contributed by atoms with Crippen LogP contribution in [0.1, 0.15) is 53.3 Å². The first-order chi connectivity index (χ1) is 11.5. The highest BCUT2D eigenvalue weighted by Gasteiger charge is 2.35. The van der Waals surface area contributed by atoms with Crippen LogP contribution in [-0.4, -0.2) is 46.4 Å². The van der Waals surface area contributed by atoms with E-state index in [0.29, 0.717) is 17.2 Å². The highest BCUT2D eigenvalue weighted by Crippen LogP contribution is 2.29. The molecule has 6 heteroatoms. The summed E-state index contributed by atoms with van der Waals surface area (Å²) >= 11 is 0. The molecule has 1 unspecified atom stereocenters. The lowest BCUT2D eigenvalue weighted by Crippen LogP contribution is -2.38. The van der Waals surface area contributed by atoms with Crippen molar-refractivity contribution in [1.29, 1.82) is 0 Å². The van der Waals surface area contributed by atoms with Crippen LogP contribution in [0.5, 0.6) is 0 Å². The third-order valence-electron chi connectivity index (χ3n) is 4.45. The Bertz CT molecular complexity index is 647. The van der Waals surface area contributed by atoms with E-state index in [4.69, 9.17) is 5.11 Å². The summed E-state index contributed by atoms with van der Waals surface area (Å²) in [5.74, 6) is -1.78. The Morgan fingerprint density at radius 2 is 1.71 bits per heavy atom. The number of carboxylic acid groups (broad SMARTS) is 1. The maximum absolute atomic E-state index is 12.7. The van der Waals surface area contributed by atoms with Gasteiger partial charge in [0, 0.05) is 29.8 Å². The molecule has 0 saturated heterocycles. The minimum Gasteiger partial charge on any atom is -0.481 e. The number of amides is 2. The van der Waals surface area contributed by atoms with E-state index in [0.717, 1.165) is 25.7 Å². The van der Waals surface area contributed by atoms with Gasteiger partial charge in [0.2, 0.25) is 0 Å². The molecule has 2 N–H and O–H groups in total. The number of carbonyl (C=O) groups is 3. The second-order valence-corrected chi connectivity index (χ2v) is 6.75. The van der Waals surface area contributed by atoms with Gasteiger partial charge < -0.3 is 15.3 Å². The van der Waals surface area contributed by atoms with E-state index < -0.39 is 11.9 Å². The summed E-state index contributed by atoms with van der Waals surface area (Å²) in [5, 5.41) is 12.0. The number of nitrogens with one attached hydrogen (secondary N) is 1. The summed E-state index contributed by atoms with van der Waals surface area (Å²) in [5.41, 5.74) is 1.03. The number of nitrogens with zero attached hydrogens (tertiary/aromatic N) is 1. The molecule has 2 saturated carbocycles. The second kappa shape index (κ2) is 6.63. The average Bonchev–Trinajstić information content (AvgIpc) is 3.45. The van der Waals surface area contributed by atoms with Crippen molar-refractivity contribution < 1.29 is 19.5 Å². The molecular formula is C18H22N2O4. The van der Waals surface area contributed by atoms with Crippen molar-refractivity contribution in [2.75, 3.05) is 6.54 Å². The van der Waals surface area contributed by atoms with Crippen molar-refractivity contribution in [3.05, 3.63) is 35.4 Å². The van der Waals surface area contributed by atoms with Crippen LogP contribution in [-0.2, 0) is 4.79 Å². The Labute approximate surface area is 140 Å². The lowest BCUT2D eigenvalue weighted by Gasteiger charge is -2.24. The van der Waals surface area contributed by atoms with Gasteiger partial charge in [-0.15, -0.1) is 0 Å². The highest BCUT2D eigenvalue weighted by molar-refractivity contribution is 5.98. The molecule has 6 nitrogen and oxygen atoms in total. The van der Waals surface area contributed by atoms with E-state index >= 15 is 0 Å². The first kappa shape index (κ1) is 16.5. The summed E-state index contributed by atoms with van der Waals surface area (Å²) < 4.78 is 0. The van der Waals surface area contributed by atoms with Crippen molar-refractivity contribution in [2.45, 2.75) is 44.7 Å². The maximum atomic E-state index is 12.7.